The molecule has 4 heteroatoms. The largest absolute Gasteiger partial charge is 0.393 e. The molecule has 0 saturated heterocycles. The number of aliphatic hydroxyl groups is 1. The van der Waals surface area contributed by atoms with Gasteiger partial charge in [0.25, 0.3) is 0 Å². The Morgan fingerprint density at radius 1 is 1.56 bits per heavy atom. The molecule has 0 aliphatic carbocycles. The maximum atomic E-state index is 9.40. The van der Waals surface area contributed by atoms with E-state index in [1.165, 1.54) is 0 Å². The SMILES string of the molecule is CCC(O)CCNc1cc(Br)ccc1C#N. The van der Waals surface area contributed by atoms with Crippen LogP contribution < -0.4 is 5.32 Å². The van der Waals surface area contributed by atoms with Crippen LogP contribution in [0.5, 0.6) is 0 Å². The van der Waals surface area contributed by atoms with Gasteiger partial charge in [-0.1, -0.05) is 22.9 Å². The highest BCUT2D eigenvalue weighted by Gasteiger charge is 2.04. The summed E-state index contributed by atoms with van der Waals surface area (Å²) >= 11 is 3.36. The molecule has 16 heavy (non-hydrogen) atoms. The van der Waals surface area contributed by atoms with Crippen molar-refractivity contribution in [2.45, 2.75) is 25.9 Å². The lowest BCUT2D eigenvalue weighted by Crippen LogP contribution is -2.12. The second-order valence-corrected chi connectivity index (χ2v) is 4.49. The van der Waals surface area contributed by atoms with Crippen molar-refractivity contribution in [3.8, 4) is 6.07 Å². The normalized spacial score (nSPS) is 11.9. The Hall–Kier alpha value is -1.05. The van der Waals surface area contributed by atoms with Gasteiger partial charge in [0.1, 0.15) is 6.07 Å². The van der Waals surface area contributed by atoms with Crippen LogP contribution in [0.1, 0.15) is 25.3 Å². The first-order valence-electron chi connectivity index (χ1n) is 5.29. The Morgan fingerprint density at radius 2 is 2.31 bits per heavy atom. The van der Waals surface area contributed by atoms with Gasteiger partial charge in [0.15, 0.2) is 0 Å². The molecule has 0 aliphatic rings. The summed E-state index contributed by atoms with van der Waals surface area (Å²) in [5, 5.41) is 21.5. The lowest BCUT2D eigenvalue weighted by Gasteiger charge is -2.11. The van der Waals surface area contributed by atoms with Crippen LogP contribution in [0.2, 0.25) is 0 Å². The van der Waals surface area contributed by atoms with Crippen LogP contribution in [-0.4, -0.2) is 17.8 Å². The molecule has 1 rings (SSSR count). The number of rotatable bonds is 5. The number of nitrogens with one attached hydrogen (secondary N) is 1. The maximum Gasteiger partial charge on any atom is 0.101 e. The predicted octanol–water partition coefficient (Wildman–Crippen LogP) is 2.89. The van der Waals surface area contributed by atoms with Gasteiger partial charge < -0.3 is 10.4 Å². The van der Waals surface area contributed by atoms with Crippen LogP contribution in [0.3, 0.4) is 0 Å². The molecule has 0 radical (unpaired) electrons. The van der Waals surface area contributed by atoms with Crippen molar-refractivity contribution >= 4 is 21.6 Å². The first-order chi connectivity index (χ1) is 7.67. The van der Waals surface area contributed by atoms with Gasteiger partial charge in [-0.3, -0.25) is 0 Å². The standard InChI is InChI=1S/C12H15BrN2O/c1-2-11(16)5-6-15-12-7-10(13)4-3-9(12)8-14/h3-4,7,11,15-16H,2,5-6H2,1H3. The summed E-state index contributed by atoms with van der Waals surface area (Å²) in [5.41, 5.74) is 1.43. The van der Waals surface area contributed by atoms with Gasteiger partial charge >= 0.3 is 0 Å². The highest BCUT2D eigenvalue weighted by molar-refractivity contribution is 9.10. The number of anilines is 1. The van der Waals surface area contributed by atoms with Crippen LogP contribution in [0.25, 0.3) is 0 Å². The molecule has 0 amide bonds. The zero-order valence-corrected chi connectivity index (χ0v) is 10.8. The van der Waals surface area contributed by atoms with Gasteiger partial charge in [-0.05, 0) is 31.0 Å². The molecule has 86 valence electrons. The Morgan fingerprint density at radius 3 is 2.94 bits per heavy atom. The number of hydrogen-bond acceptors (Lipinski definition) is 3. The molecule has 0 fully saturated rings. The summed E-state index contributed by atoms with van der Waals surface area (Å²) in [5.74, 6) is 0. The maximum absolute atomic E-state index is 9.40. The third-order valence-electron chi connectivity index (χ3n) is 2.37. The third-order valence-corrected chi connectivity index (χ3v) is 2.86. The molecular formula is C12H15BrN2O. The summed E-state index contributed by atoms with van der Waals surface area (Å²) in [6.45, 7) is 2.62. The molecule has 3 nitrogen and oxygen atoms in total. The van der Waals surface area contributed by atoms with E-state index in [1.54, 1.807) is 6.07 Å². The lowest BCUT2D eigenvalue weighted by molar-refractivity contribution is 0.164. The topological polar surface area (TPSA) is 56.0 Å². The van der Waals surface area contributed by atoms with E-state index in [4.69, 9.17) is 5.26 Å². The van der Waals surface area contributed by atoms with Gasteiger partial charge in [0.05, 0.1) is 17.4 Å². The Balaban J connectivity index is 2.59. The predicted molar refractivity (Wildman–Crippen MR) is 68.3 cm³/mol. The van der Waals surface area contributed by atoms with Gasteiger partial charge in [-0.15, -0.1) is 0 Å². The molecule has 2 N–H and O–H groups in total. The molecule has 0 aliphatic heterocycles. The Labute approximate surface area is 104 Å². The molecule has 0 spiro atoms. The van der Waals surface area contributed by atoms with Gasteiger partial charge in [-0.25, -0.2) is 0 Å². The van der Waals surface area contributed by atoms with Gasteiger partial charge in [-0.2, -0.15) is 5.26 Å². The second kappa shape index (κ2) is 6.51. The van der Waals surface area contributed by atoms with Gasteiger partial charge in [0.2, 0.25) is 0 Å². The van der Waals surface area contributed by atoms with E-state index < -0.39 is 0 Å². The molecule has 1 atom stereocenters. The molecule has 0 heterocycles. The van der Waals surface area contributed by atoms with Crippen molar-refractivity contribution in [3.63, 3.8) is 0 Å². The molecule has 1 aromatic rings. The van der Waals surface area contributed by atoms with E-state index in [-0.39, 0.29) is 6.10 Å². The summed E-state index contributed by atoms with van der Waals surface area (Å²) in [4.78, 5) is 0. The van der Waals surface area contributed by atoms with Crippen molar-refractivity contribution in [3.05, 3.63) is 28.2 Å². The fourth-order valence-electron chi connectivity index (χ4n) is 1.34. The molecule has 0 aromatic heterocycles. The van der Waals surface area contributed by atoms with E-state index in [9.17, 15) is 5.11 Å². The number of hydrogen-bond donors (Lipinski definition) is 2. The third kappa shape index (κ3) is 3.84. The summed E-state index contributed by atoms with van der Waals surface area (Å²) in [6, 6.07) is 7.61. The average Bonchev–Trinajstić information content (AvgIpc) is 2.29. The molecular weight excluding hydrogens is 268 g/mol. The smallest absolute Gasteiger partial charge is 0.101 e. The molecule has 1 aromatic carbocycles. The quantitative estimate of drug-likeness (QED) is 0.873. The van der Waals surface area contributed by atoms with Crippen molar-refractivity contribution in [1.82, 2.24) is 0 Å². The van der Waals surface area contributed by atoms with Crippen LogP contribution in [0, 0.1) is 11.3 Å². The van der Waals surface area contributed by atoms with E-state index >= 15 is 0 Å². The summed E-state index contributed by atoms with van der Waals surface area (Å²) < 4.78 is 0.935. The first-order valence-corrected chi connectivity index (χ1v) is 6.08. The first kappa shape index (κ1) is 13.0. The van der Waals surface area contributed by atoms with Gasteiger partial charge in [0, 0.05) is 11.0 Å². The molecule has 0 saturated carbocycles. The van der Waals surface area contributed by atoms with E-state index in [1.807, 2.05) is 19.1 Å². The van der Waals surface area contributed by atoms with Crippen LogP contribution in [0.15, 0.2) is 22.7 Å². The zero-order valence-electron chi connectivity index (χ0n) is 9.20. The molecule has 0 bridgehead atoms. The average molecular weight is 283 g/mol. The fourth-order valence-corrected chi connectivity index (χ4v) is 1.70. The van der Waals surface area contributed by atoms with Crippen molar-refractivity contribution in [2.24, 2.45) is 0 Å². The summed E-state index contributed by atoms with van der Waals surface area (Å²) in [6.07, 6.45) is 1.17. The van der Waals surface area contributed by atoms with Crippen LogP contribution in [0.4, 0.5) is 5.69 Å². The van der Waals surface area contributed by atoms with Crippen molar-refractivity contribution < 1.29 is 5.11 Å². The molecule has 1 unspecified atom stereocenters. The second-order valence-electron chi connectivity index (χ2n) is 3.58. The summed E-state index contributed by atoms with van der Waals surface area (Å²) in [7, 11) is 0. The number of halogens is 1. The minimum atomic E-state index is -0.273. The Bertz CT molecular complexity index is 387. The highest BCUT2D eigenvalue weighted by atomic mass is 79.9. The van der Waals surface area contributed by atoms with Crippen LogP contribution >= 0.6 is 15.9 Å². The van der Waals surface area contributed by atoms with E-state index in [0.717, 1.165) is 16.6 Å². The monoisotopic (exact) mass is 282 g/mol. The van der Waals surface area contributed by atoms with Crippen molar-refractivity contribution in [1.29, 1.82) is 5.26 Å². The van der Waals surface area contributed by atoms with E-state index in [0.29, 0.717) is 18.5 Å². The highest BCUT2D eigenvalue weighted by Crippen LogP contribution is 2.20. The number of nitrogens with zero attached hydrogens (tertiary/aromatic N) is 1. The Kier molecular flexibility index (Phi) is 5.30. The zero-order chi connectivity index (χ0) is 12.0. The minimum absolute atomic E-state index is 0.273. The fraction of sp³-hybridized carbons (Fsp3) is 0.417. The minimum Gasteiger partial charge on any atom is -0.393 e. The lowest BCUT2D eigenvalue weighted by atomic mass is 10.1. The van der Waals surface area contributed by atoms with E-state index in [2.05, 4.69) is 27.3 Å². The number of nitriles is 1. The van der Waals surface area contributed by atoms with Crippen LogP contribution in [-0.2, 0) is 0 Å². The number of benzene rings is 1. The van der Waals surface area contributed by atoms with Crippen molar-refractivity contribution in [2.75, 3.05) is 11.9 Å². The number of aliphatic hydroxyl groups excluding tert-OH is 1.